The summed E-state index contributed by atoms with van der Waals surface area (Å²) in [5.74, 6) is -0.556. The number of carbonyl (C=O) groups is 2. The van der Waals surface area contributed by atoms with Gasteiger partial charge >= 0.3 is 5.97 Å². The lowest BCUT2D eigenvalue weighted by molar-refractivity contribution is -0.166. The van der Waals surface area contributed by atoms with Crippen LogP contribution in [0.4, 0.5) is 5.69 Å². The molecule has 26 heavy (non-hydrogen) atoms. The van der Waals surface area contributed by atoms with Crippen LogP contribution >= 0.6 is 0 Å². The van der Waals surface area contributed by atoms with E-state index in [4.69, 9.17) is 9.73 Å². The molecule has 2 saturated heterocycles. The van der Waals surface area contributed by atoms with Gasteiger partial charge in [-0.25, -0.2) is 0 Å². The highest BCUT2D eigenvalue weighted by molar-refractivity contribution is 6.15. The molecule has 0 spiro atoms. The number of carbonyl (C=O) groups excluding carboxylic acids is 2. The van der Waals surface area contributed by atoms with Crippen molar-refractivity contribution in [2.24, 2.45) is 16.3 Å². The zero-order valence-corrected chi connectivity index (χ0v) is 15.1. The number of hydrogen-bond donors (Lipinski definition) is 0. The Morgan fingerprint density at radius 1 is 1.38 bits per heavy atom. The topological polar surface area (TPSA) is 59.0 Å². The van der Waals surface area contributed by atoms with Crippen LogP contribution in [0, 0.1) is 11.3 Å². The fourth-order valence-corrected chi connectivity index (χ4v) is 6.15. The predicted octanol–water partition coefficient (Wildman–Crippen LogP) is 2.42. The largest absolute Gasteiger partial charge is 0.468 e. The van der Waals surface area contributed by atoms with Gasteiger partial charge in [0.15, 0.2) is 0 Å². The van der Waals surface area contributed by atoms with Crippen LogP contribution in [0.3, 0.4) is 0 Å². The van der Waals surface area contributed by atoms with Gasteiger partial charge in [0.05, 0.1) is 24.3 Å². The zero-order chi connectivity index (χ0) is 18.1. The second-order valence-corrected chi connectivity index (χ2v) is 7.79. The maximum atomic E-state index is 13.3. The summed E-state index contributed by atoms with van der Waals surface area (Å²) in [6, 6.07) is 8.17. The molecule has 3 heterocycles. The molecule has 0 amide bonds. The molecule has 4 atom stereocenters. The summed E-state index contributed by atoms with van der Waals surface area (Å²) in [4.78, 5) is 33.5. The molecule has 0 unspecified atom stereocenters. The third kappa shape index (κ3) is 1.51. The number of para-hydroxylation sites is 1. The smallest absolute Gasteiger partial charge is 0.321 e. The first kappa shape index (κ1) is 15.9. The van der Waals surface area contributed by atoms with Crippen LogP contribution in [0.2, 0.25) is 0 Å². The number of methoxy groups -OCH3 is 1. The molecule has 134 valence electrons. The first-order chi connectivity index (χ1) is 12.6. The van der Waals surface area contributed by atoms with Crippen molar-refractivity contribution >= 4 is 23.7 Å². The minimum absolute atomic E-state index is 0.135. The van der Waals surface area contributed by atoms with E-state index in [0.29, 0.717) is 0 Å². The molecular weight excluding hydrogens is 328 g/mol. The van der Waals surface area contributed by atoms with Gasteiger partial charge in [0.2, 0.25) is 0 Å². The highest BCUT2D eigenvalue weighted by atomic mass is 16.5. The molecule has 5 heteroatoms. The molecule has 3 fully saturated rings. The van der Waals surface area contributed by atoms with Crippen molar-refractivity contribution in [1.82, 2.24) is 4.90 Å². The second kappa shape index (κ2) is 5.13. The molecule has 5 nitrogen and oxygen atoms in total. The summed E-state index contributed by atoms with van der Waals surface area (Å²) in [7, 11) is 1.39. The Balaban J connectivity index is 1.88. The summed E-state index contributed by atoms with van der Waals surface area (Å²) in [6.07, 6.45) is 4.45. The highest BCUT2D eigenvalue weighted by Gasteiger charge is 2.73. The van der Waals surface area contributed by atoms with E-state index < -0.39 is 16.8 Å². The molecule has 1 aromatic rings. The number of hydrogen-bond acceptors (Lipinski definition) is 5. The molecule has 1 aromatic carbocycles. The van der Waals surface area contributed by atoms with Crippen molar-refractivity contribution in [3.8, 4) is 0 Å². The van der Waals surface area contributed by atoms with Crippen molar-refractivity contribution in [2.45, 2.75) is 31.2 Å². The van der Waals surface area contributed by atoms with Crippen LogP contribution in [-0.4, -0.2) is 49.1 Å². The number of rotatable bonds is 2. The monoisotopic (exact) mass is 350 g/mol. The average molecular weight is 350 g/mol. The Morgan fingerprint density at radius 3 is 2.92 bits per heavy atom. The normalized spacial score (nSPS) is 38.5. The van der Waals surface area contributed by atoms with E-state index in [1.807, 2.05) is 31.2 Å². The van der Waals surface area contributed by atoms with E-state index in [9.17, 15) is 9.59 Å². The van der Waals surface area contributed by atoms with Gasteiger partial charge in [-0.3, -0.25) is 14.7 Å². The molecule has 0 aromatic heterocycles. The van der Waals surface area contributed by atoms with E-state index >= 15 is 0 Å². The number of allylic oxidation sites excluding steroid dienone is 1. The second-order valence-electron chi connectivity index (χ2n) is 7.79. The van der Waals surface area contributed by atoms with Crippen molar-refractivity contribution in [3.05, 3.63) is 41.5 Å². The summed E-state index contributed by atoms with van der Waals surface area (Å²) in [5.41, 5.74) is 2.15. The number of benzene rings is 1. The Morgan fingerprint density at radius 2 is 2.19 bits per heavy atom. The van der Waals surface area contributed by atoms with E-state index in [2.05, 4.69) is 11.0 Å². The Kier molecular flexibility index (Phi) is 3.15. The molecule has 1 aliphatic carbocycles. The van der Waals surface area contributed by atoms with Gasteiger partial charge in [-0.05, 0) is 31.4 Å². The number of esters is 1. The number of fused-ring (bicyclic) bond motifs is 2. The molecule has 4 aliphatic rings. The fourth-order valence-electron chi connectivity index (χ4n) is 6.15. The maximum Gasteiger partial charge on any atom is 0.321 e. The van der Waals surface area contributed by atoms with E-state index in [1.165, 1.54) is 12.7 Å². The van der Waals surface area contributed by atoms with E-state index in [1.54, 1.807) is 0 Å². The standard InChI is InChI=1S/C21H22N2O3/c1-3-13-11-23-9-8-20-14-6-4-5-7-16(14)22-18(20)17(23)10-15(13)21(20,12-24)19(25)26-2/h3-7,12,15,17H,8-11H2,1-2H3/t15-,17-,20+,21-/m0/s1. The summed E-state index contributed by atoms with van der Waals surface area (Å²) in [6.45, 7) is 3.65. The number of piperidine rings is 2. The van der Waals surface area contributed by atoms with Gasteiger partial charge in [-0.15, -0.1) is 0 Å². The average Bonchev–Trinajstić information content (AvgIpc) is 3.04. The molecule has 0 N–H and O–H groups in total. The minimum atomic E-state index is -1.24. The molecule has 3 aliphatic heterocycles. The highest BCUT2D eigenvalue weighted by Crippen LogP contribution is 2.65. The van der Waals surface area contributed by atoms with Gasteiger partial charge in [0, 0.05) is 24.7 Å². The molecule has 5 rings (SSSR count). The van der Waals surface area contributed by atoms with Gasteiger partial charge < -0.3 is 9.53 Å². The molecule has 1 saturated carbocycles. The first-order valence-corrected chi connectivity index (χ1v) is 9.26. The lowest BCUT2D eigenvalue weighted by Gasteiger charge is -2.62. The van der Waals surface area contributed by atoms with Crippen LogP contribution in [-0.2, 0) is 19.7 Å². The van der Waals surface area contributed by atoms with E-state index in [0.717, 1.165) is 49.2 Å². The molecule has 0 radical (unpaired) electrons. The number of aliphatic imine (C=N–C) groups is 1. The van der Waals surface area contributed by atoms with Crippen molar-refractivity contribution in [3.63, 3.8) is 0 Å². The quantitative estimate of drug-likeness (QED) is 0.356. The summed E-state index contributed by atoms with van der Waals surface area (Å²) < 4.78 is 5.27. The van der Waals surface area contributed by atoms with Crippen LogP contribution in [0.25, 0.3) is 0 Å². The summed E-state index contributed by atoms with van der Waals surface area (Å²) >= 11 is 0. The zero-order valence-electron chi connectivity index (χ0n) is 15.1. The van der Waals surface area contributed by atoms with Gasteiger partial charge in [-0.2, -0.15) is 0 Å². The maximum absolute atomic E-state index is 13.3. The molecule has 3 bridgehead atoms. The van der Waals surface area contributed by atoms with Crippen LogP contribution in [0.5, 0.6) is 0 Å². The Labute approximate surface area is 152 Å². The fraction of sp³-hybridized carbons (Fsp3) is 0.476. The SMILES string of the molecule is CC=C1CN2CC[C@]34C(=Nc5ccccc53)[C@@H]2C[C@@H]1[C@@]4(C=O)C(=O)OC. The lowest BCUT2D eigenvalue weighted by Crippen LogP contribution is -2.74. The number of aldehydes is 1. The van der Waals surface area contributed by atoms with Crippen molar-refractivity contribution in [2.75, 3.05) is 20.2 Å². The Bertz CT molecular complexity index is 889. The number of nitrogens with zero attached hydrogens (tertiary/aromatic N) is 2. The molecular formula is C21H22N2O3. The van der Waals surface area contributed by atoms with Crippen LogP contribution < -0.4 is 0 Å². The van der Waals surface area contributed by atoms with Gasteiger partial charge in [-0.1, -0.05) is 29.8 Å². The predicted molar refractivity (Wildman–Crippen MR) is 97.6 cm³/mol. The van der Waals surface area contributed by atoms with Gasteiger partial charge in [0.25, 0.3) is 0 Å². The third-order valence-electron chi connectivity index (χ3n) is 7.20. The van der Waals surface area contributed by atoms with Gasteiger partial charge in [0.1, 0.15) is 11.7 Å². The lowest BCUT2D eigenvalue weighted by atomic mass is 9.43. The van der Waals surface area contributed by atoms with E-state index in [-0.39, 0.29) is 12.0 Å². The summed E-state index contributed by atoms with van der Waals surface area (Å²) in [5, 5.41) is 0. The van der Waals surface area contributed by atoms with Crippen LogP contribution in [0.15, 0.2) is 40.9 Å². The van der Waals surface area contributed by atoms with Crippen LogP contribution in [0.1, 0.15) is 25.3 Å². The Hall–Kier alpha value is -2.27. The van der Waals surface area contributed by atoms with Crippen molar-refractivity contribution < 1.29 is 14.3 Å². The number of ether oxygens (including phenoxy) is 1. The third-order valence-corrected chi connectivity index (χ3v) is 7.20. The minimum Gasteiger partial charge on any atom is -0.468 e. The van der Waals surface area contributed by atoms with Crippen molar-refractivity contribution in [1.29, 1.82) is 0 Å². The first-order valence-electron chi connectivity index (χ1n) is 9.26.